The topological polar surface area (TPSA) is 33.1 Å². The summed E-state index contributed by atoms with van der Waals surface area (Å²) in [6.45, 7) is 2.22. The minimum Gasteiger partial charge on any atom is -0.396 e. The third-order valence-electron chi connectivity index (χ3n) is 3.48. The van der Waals surface area contributed by atoms with Crippen LogP contribution in [0.4, 0.5) is 0 Å². The van der Waals surface area contributed by atoms with Gasteiger partial charge in [-0.1, -0.05) is 42.0 Å². The van der Waals surface area contributed by atoms with E-state index in [2.05, 4.69) is 43.3 Å². The Bertz CT molecular complexity index is 735. The van der Waals surface area contributed by atoms with Crippen LogP contribution in [0, 0.1) is 6.92 Å². The summed E-state index contributed by atoms with van der Waals surface area (Å²) in [6.07, 6.45) is 0.626. The van der Waals surface area contributed by atoms with Crippen LogP contribution in [0.5, 0.6) is 0 Å². The van der Waals surface area contributed by atoms with E-state index in [9.17, 15) is 5.11 Å². The van der Waals surface area contributed by atoms with E-state index in [1.54, 1.807) is 0 Å². The van der Waals surface area contributed by atoms with E-state index in [-0.39, 0.29) is 6.61 Å². The number of fused-ring (bicyclic) bond motifs is 1. The summed E-state index contributed by atoms with van der Waals surface area (Å²) in [4.78, 5) is 4.79. The Kier molecular flexibility index (Phi) is 3.48. The van der Waals surface area contributed by atoms with Crippen LogP contribution in [-0.4, -0.2) is 16.7 Å². The highest BCUT2D eigenvalue weighted by Gasteiger charge is 2.09. The van der Waals surface area contributed by atoms with E-state index in [0.717, 1.165) is 27.7 Å². The quantitative estimate of drug-likeness (QED) is 0.780. The molecule has 0 aliphatic heterocycles. The Morgan fingerprint density at radius 1 is 1.00 bits per heavy atom. The maximum absolute atomic E-state index is 9.29. The first-order valence-electron chi connectivity index (χ1n) is 6.84. The molecular weight excluding hydrogens is 246 g/mol. The molecule has 0 unspecified atom stereocenters. The lowest BCUT2D eigenvalue weighted by molar-refractivity contribution is 0.299. The van der Waals surface area contributed by atoms with Crippen molar-refractivity contribution in [2.45, 2.75) is 13.3 Å². The van der Waals surface area contributed by atoms with Crippen LogP contribution < -0.4 is 0 Å². The molecule has 0 amide bonds. The molecule has 2 heteroatoms. The van der Waals surface area contributed by atoms with Crippen molar-refractivity contribution < 1.29 is 5.11 Å². The predicted octanol–water partition coefficient (Wildman–Crippen LogP) is 3.75. The highest BCUT2D eigenvalue weighted by molar-refractivity contribution is 5.84. The summed E-state index contributed by atoms with van der Waals surface area (Å²) >= 11 is 0. The van der Waals surface area contributed by atoms with Crippen LogP contribution >= 0.6 is 0 Å². The van der Waals surface area contributed by atoms with Gasteiger partial charge in [-0.05, 0) is 37.1 Å². The number of benzene rings is 2. The molecule has 2 aromatic carbocycles. The normalized spacial score (nSPS) is 10.9. The molecule has 100 valence electrons. The van der Waals surface area contributed by atoms with Gasteiger partial charge in [0.25, 0.3) is 0 Å². The van der Waals surface area contributed by atoms with Crippen molar-refractivity contribution in [2.24, 2.45) is 0 Å². The molecule has 0 aliphatic rings. The Labute approximate surface area is 118 Å². The summed E-state index contributed by atoms with van der Waals surface area (Å²) < 4.78 is 0. The highest BCUT2D eigenvalue weighted by Crippen LogP contribution is 2.26. The van der Waals surface area contributed by atoms with Gasteiger partial charge in [-0.25, -0.2) is 4.98 Å². The first-order valence-corrected chi connectivity index (χ1v) is 6.84. The largest absolute Gasteiger partial charge is 0.396 e. The van der Waals surface area contributed by atoms with Crippen molar-refractivity contribution in [3.63, 3.8) is 0 Å². The molecule has 0 fully saturated rings. The molecule has 0 saturated carbocycles. The third kappa shape index (κ3) is 2.43. The van der Waals surface area contributed by atoms with Gasteiger partial charge in [0.1, 0.15) is 0 Å². The average Bonchev–Trinajstić information content (AvgIpc) is 2.48. The summed E-state index contributed by atoms with van der Waals surface area (Å²) in [7, 11) is 0. The minimum atomic E-state index is 0.138. The molecule has 0 radical (unpaired) electrons. The molecule has 0 saturated heterocycles. The van der Waals surface area contributed by atoms with Crippen LogP contribution in [0.1, 0.15) is 11.1 Å². The second kappa shape index (κ2) is 5.43. The summed E-state index contributed by atoms with van der Waals surface area (Å²) in [5.41, 5.74) is 5.38. The first-order chi connectivity index (χ1) is 9.78. The van der Waals surface area contributed by atoms with Crippen molar-refractivity contribution in [2.75, 3.05) is 6.61 Å². The zero-order chi connectivity index (χ0) is 13.9. The van der Waals surface area contributed by atoms with E-state index in [0.29, 0.717) is 6.42 Å². The molecule has 2 nitrogen and oxygen atoms in total. The predicted molar refractivity (Wildman–Crippen MR) is 82.7 cm³/mol. The van der Waals surface area contributed by atoms with Gasteiger partial charge in [-0.15, -0.1) is 0 Å². The lowest BCUT2D eigenvalue weighted by atomic mass is 10.0. The fourth-order valence-corrected chi connectivity index (χ4v) is 2.50. The Morgan fingerprint density at radius 3 is 2.55 bits per heavy atom. The number of aromatic nitrogens is 1. The number of pyridine rings is 1. The van der Waals surface area contributed by atoms with Gasteiger partial charge in [0.2, 0.25) is 0 Å². The fraction of sp³-hybridized carbons (Fsp3) is 0.167. The summed E-state index contributed by atoms with van der Waals surface area (Å²) in [5.74, 6) is 0. The number of nitrogens with zero attached hydrogens (tertiary/aromatic N) is 1. The third-order valence-corrected chi connectivity index (χ3v) is 3.48. The smallest absolute Gasteiger partial charge is 0.0742 e. The molecule has 3 rings (SSSR count). The average molecular weight is 263 g/mol. The van der Waals surface area contributed by atoms with Gasteiger partial charge in [0.05, 0.1) is 11.2 Å². The number of rotatable bonds is 3. The van der Waals surface area contributed by atoms with E-state index >= 15 is 0 Å². The second-order valence-electron chi connectivity index (χ2n) is 5.03. The zero-order valence-electron chi connectivity index (χ0n) is 11.5. The van der Waals surface area contributed by atoms with Crippen molar-refractivity contribution in [1.29, 1.82) is 0 Å². The number of aliphatic hydroxyl groups excluding tert-OH is 1. The first kappa shape index (κ1) is 12.8. The molecular formula is C18H17NO. The number of hydrogen-bond donors (Lipinski definition) is 1. The Balaban J connectivity index is 2.24. The molecule has 0 bridgehead atoms. The SMILES string of the molecule is Cc1ccc2nc(-c3ccccc3)c(CCO)cc2c1. The van der Waals surface area contributed by atoms with Crippen molar-refractivity contribution >= 4 is 10.9 Å². The molecule has 0 aliphatic carbocycles. The van der Waals surface area contributed by atoms with Crippen LogP contribution in [0.15, 0.2) is 54.6 Å². The Morgan fingerprint density at radius 2 is 1.80 bits per heavy atom. The molecule has 1 heterocycles. The Hall–Kier alpha value is -2.19. The van der Waals surface area contributed by atoms with Crippen LogP contribution in [-0.2, 0) is 6.42 Å². The van der Waals surface area contributed by atoms with Crippen LogP contribution in [0.3, 0.4) is 0 Å². The molecule has 20 heavy (non-hydrogen) atoms. The molecule has 0 spiro atoms. The summed E-state index contributed by atoms with van der Waals surface area (Å²) in [5, 5.41) is 10.4. The number of hydrogen-bond acceptors (Lipinski definition) is 2. The monoisotopic (exact) mass is 263 g/mol. The highest BCUT2D eigenvalue weighted by atomic mass is 16.2. The van der Waals surface area contributed by atoms with E-state index in [1.165, 1.54) is 5.56 Å². The maximum Gasteiger partial charge on any atom is 0.0742 e. The van der Waals surface area contributed by atoms with Crippen LogP contribution in [0.25, 0.3) is 22.2 Å². The van der Waals surface area contributed by atoms with Gasteiger partial charge >= 0.3 is 0 Å². The second-order valence-corrected chi connectivity index (χ2v) is 5.03. The van der Waals surface area contributed by atoms with E-state index in [4.69, 9.17) is 4.98 Å². The van der Waals surface area contributed by atoms with Gasteiger partial charge in [-0.3, -0.25) is 0 Å². The van der Waals surface area contributed by atoms with Gasteiger partial charge in [0, 0.05) is 17.6 Å². The van der Waals surface area contributed by atoms with Crippen molar-refractivity contribution in [1.82, 2.24) is 4.98 Å². The van der Waals surface area contributed by atoms with Gasteiger partial charge in [0.15, 0.2) is 0 Å². The van der Waals surface area contributed by atoms with Crippen LogP contribution in [0.2, 0.25) is 0 Å². The van der Waals surface area contributed by atoms with Gasteiger partial charge < -0.3 is 5.11 Å². The van der Waals surface area contributed by atoms with Crippen molar-refractivity contribution in [3.05, 3.63) is 65.7 Å². The number of aliphatic hydroxyl groups is 1. The molecule has 0 atom stereocenters. The fourth-order valence-electron chi connectivity index (χ4n) is 2.50. The minimum absolute atomic E-state index is 0.138. The maximum atomic E-state index is 9.29. The van der Waals surface area contributed by atoms with Gasteiger partial charge in [-0.2, -0.15) is 0 Å². The van der Waals surface area contributed by atoms with E-state index < -0.39 is 0 Å². The molecule has 3 aromatic rings. The van der Waals surface area contributed by atoms with Crippen molar-refractivity contribution in [3.8, 4) is 11.3 Å². The summed E-state index contributed by atoms with van der Waals surface area (Å²) in [6, 6.07) is 18.6. The molecule has 1 N–H and O–H groups in total. The lowest BCUT2D eigenvalue weighted by Gasteiger charge is -2.10. The number of aryl methyl sites for hydroxylation is 1. The lowest BCUT2D eigenvalue weighted by Crippen LogP contribution is -1.98. The zero-order valence-corrected chi connectivity index (χ0v) is 11.5. The van der Waals surface area contributed by atoms with E-state index in [1.807, 2.05) is 18.2 Å². The molecule has 1 aromatic heterocycles. The standard InChI is InChI=1S/C18H17NO/c1-13-7-8-17-16(11-13)12-15(9-10-20)18(19-17)14-5-3-2-4-6-14/h2-8,11-12,20H,9-10H2,1H3.